The van der Waals surface area contributed by atoms with E-state index in [2.05, 4.69) is 15.5 Å². The molecule has 0 spiro atoms. The van der Waals surface area contributed by atoms with Crippen molar-refractivity contribution in [2.75, 3.05) is 14.2 Å². The molecule has 100 valence electrons. The lowest BCUT2D eigenvalue weighted by molar-refractivity contribution is -0.385. The van der Waals surface area contributed by atoms with E-state index in [1.54, 1.807) is 13.1 Å². The van der Waals surface area contributed by atoms with Gasteiger partial charge < -0.3 is 14.5 Å². The maximum absolute atomic E-state index is 10.9. The van der Waals surface area contributed by atoms with Crippen molar-refractivity contribution in [2.45, 2.75) is 6.54 Å². The van der Waals surface area contributed by atoms with Gasteiger partial charge in [-0.25, -0.2) is 0 Å². The molecule has 0 saturated heterocycles. The predicted molar refractivity (Wildman–Crippen MR) is 65.7 cm³/mol. The second kappa shape index (κ2) is 5.44. The van der Waals surface area contributed by atoms with Crippen LogP contribution >= 0.6 is 0 Å². The van der Waals surface area contributed by atoms with Gasteiger partial charge in [0.2, 0.25) is 11.8 Å². The summed E-state index contributed by atoms with van der Waals surface area (Å²) in [5, 5.41) is 21.5. The highest BCUT2D eigenvalue weighted by molar-refractivity contribution is 5.62. The molecule has 19 heavy (non-hydrogen) atoms. The van der Waals surface area contributed by atoms with Crippen molar-refractivity contribution in [1.82, 2.24) is 15.5 Å². The first-order valence-electron chi connectivity index (χ1n) is 5.45. The molecule has 2 aromatic rings. The van der Waals surface area contributed by atoms with Crippen LogP contribution in [-0.4, -0.2) is 29.3 Å². The third-order valence-electron chi connectivity index (χ3n) is 2.42. The lowest BCUT2D eigenvalue weighted by Crippen LogP contribution is -2.04. The first kappa shape index (κ1) is 13.0. The Bertz CT molecular complexity index is 596. The maximum Gasteiger partial charge on any atom is 0.311 e. The molecular formula is C11H12N4O4. The minimum atomic E-state index is -0.521. The first-order chi connectivity index (χ1) is 9.15. The Morgan fingerprint density at radius 3 is 2.89 bits per heavy atom. The molecule has 2 rings (SSSR count). The summed E-state index contributed by atoms with van der Waals surface area (Å²) in [6.07, 6.45) is 0. The maximum atomic E-state index is 10.9. The van der Waals surface area contributed by atoms with Crippen LogP contribution in [0.5, 0.6) is 5.75 Å². The molecule has 0 bridgehead atoms. The molecule has 0 aliphatic carbocycles. The lowest BCUT2D eigenvalue weighted by Gasteiger charge is -2.02. The van der Waals surface area contributed by atoms with Gasteiger partial charge in [0.15, 0.2) is 5.75 Å². The van der Waals surface area contributed by atoms with Gasteiger partial charge in [0.05, 0.1) is 18.6 Å². The van der Waals surface area contributed by atoms with E-state index < -0.39 is 4.92 Å². The third kappa shape index (κ3) is 2.68. The van der Waals surface area contributed by atoms with E-state index in [1.807, 2.05) is 0 Å². The van der Waals surface area contributed by atoms with Gasteiger partial charge in [0, 0.05) is 11.6 Å². The molecule has 0 saturated carbocycles. The fourth-order valence-electron chi connectivity index (χ4n) is 1.56. The van der Waals surface area contributed by atoms with Crippen LogP contribution in [0.15, 0.2) is 22.6 Å². The van der Waals surface area contributed by atoms with Gasteiger partial charge in [-0.1, -0.05) is 0 Å². The third-order valence-corrected chi connectivity index (χ3v) is 2.42. The van der Waals surface area contributed by atoms with Crippen molar-refractivity contribution in [3.8, 4) is 17.2 Å². The predicted octanol–water partition coefficient (Wildman–Crippen LogP) is 1.37. The van der Waals surface area contributed by atoms with Crippen molar-refractivity contribution in [3.63, 3.8) is 0 Å². The zero-order valence-corrected chi connectivity index (χ0v) is 10.4. The number of hydrogen-bond acceptors (Lipinski definition) is 7. The Labute approximate surface area is 108 Å². The molecule has 0 aliphatic heterocycles. The van der Waals surface area contributed by atoms with E-state index in [0.29, 0.717) is 18.0 Å². The number of rotatable bonds is 5. The van der Waals surface area contributed by atoms with Crippen LogP contribution in [0.4, 0.5) is 5.69 Å². The lowest BCUT2D eigenvalue weighted by atomic mass is 10.2. The average Bonchev–Trinajstić information content (AvgIpc) is 2.87. The Morgan fingerprint density at radius 1 is 1.47 bits per heavy atom. The van der Waals surface area contributed by atoms with Crippen LogP contribution in [0.3, 0.4) is 0 Å². The Morgan fingerprint density at radius 2 is 2.26 bits per heavy atom. The number of ether oxygens (including phenoxy) is 1. The van der Waals surface area contributed by atoms with Crippen LogP contribution in [-0.2, 0) is 6.54 Å². The summed E-state index contributed by atoms with van der Waals surface area (Å²) in [6, 6.07) is 4.47. The summed E-state index contributed by atoms with van der Waals surface area (Å²) < 4.78 is 10.3. The molecule has 1 heterocycles. The molecule has 0 radical (unpaired) electrons. The minimum Gasteiger partial charge on any atom is -0.490 e. The fourth-order valence-corrected chi connectivity index (χ4v) is 1.56. The second-order valence-electron chi connectivity index (χ2n) is 3.68. The van der Waals surface area contributed by atoms with Crippen molar-refractivity contribution in [3.05, 3.63) is 34.2 Å². The monoisotopic (exact) mass is 264 g/mol. The summed E-state index contributed by atoms with van der Waals surface area (Å²) in [7, 11) is 3.13. The standard InChI is InChI=1S/C11H12N4O4/c1-12-6-10-13-14-11(19-10)7-3-4-9(18-2)8(5-7)15(16)17/h3-5,12H,6H2,1-2H3. The molecule has 1 aromatic heterocycles. The van der Waals surface area contributed by atoms with E-state index in [4.69, 9.17) is 9.15 Å². The van der Waals surface area contributed by atoms with Crippen LogP contribution < -0.4 is 10.1 Å². The molecule has 8 nitrogen and oxygen atoms in total. The Hall–Kier alpha value is -2.48. The Balaban J connectivity index is 2.39. The molecule has 8 heteroatoms. The highest BCUT2D eigenvalue weighted by atomic mass is 16.6. The summed E-state index contributed by atoms with van der Waals surface area (Å²) >= 11 is 0. The van der Waals surface area contributed by atoms with E-state index in [-0.39, 0.29) is 17.3 Å². The van der Waals surface area contributed by atoms with Crippen LogP contribution in [0, 0.1) is 10.1 Å². The van der Waals surface area contributed by atoms with Gasteiger partial charge in [0.25, 0.3) is 0 Å². The smallest absolute Gasteiger partial charge is 0.311 e. The SMILES string of the molecule is CNCc1nnc(-c2ccc(OC)c([N+](=O)[O-])c2)o1. The van der Waals surface area contributed by atoms with Gasteiger partial charge in [0.1, 0.15) is 0 Å². The molecule has 1 aromatic carbocycles. The van der Waals surface area contributed by atoms with E-state index in [1.165, 1.54) is 19.2 Å². The first-order valence-corrected chi connectivity index (χ1v) is 5.45. The van der Waals surface area contributed by atoms with Gasteiger partial charge in [-0.3, -0.25) is 10.1 Å². The van der Waals surface area contributed by atoms with Gasteiger partial charge in [-0.05, 0) is 19.2 Å². The molecular weight excluding hydrogens is 252 g/mol. The van der Waals surface area contributed by atoms with Crippen LogP contribution in [0.2, 0.25) is 0 Å². The number of aromatic nitrogens is 2. The molecule has 0 fully saturated rings. The number of benzene rings is 1. The summed E-state index contributed by atoms with van der Waals surface area (Å²) in [4.78, 5) is 10.4. The highest BCUT2D eigenvalue weighted by Gasteiger charge is 2.18. The number of nitro groups is 1. The average molecular weight is 264 g/mol. The van der Waals surface area contributed by atoms with Crippen molar-refractivity contribution in [2.24, 2.45) is 0 Å². The topological polar surface area (TPSA) is 103 Å². The molecule has 0 amide bonds. The van der Waals surface area contributed by atoms with E-state index in [0.717, 1.165) is 0 Å². The molecule has 0 atom stereocenters. The highest BCUT2D eigenvalue weighted by Crippen LogP contribution is 2.31. The number of nitrogens with one attached hydrogen (secondary N) is 1. The molecule has 0 unspecified atom stereocenters. The largest absolute Gasteiger partial charge is 0.490 e. The summed E-state index contributed by atoms with van der Waals surface area (Å²) in [5.41, 5.74) is 0.329. The number of nitrogens with zero attached hydrogens (tertiary/aromatic N) is 3. The van der Waals surface area contributed by atoms with Crippen LogP contribution in [0.25, 0.3) is 11.5 Å². The summed E-state index contributed by atoms with van der Waals surface area (Å²) in [5.74, 6) is 0.829. The van der Waals surface area contributed by atoms with Gasteiger partial charge >= 0.3 is 5.69 Å². The number of hydrogen-bond donors (Lipinski definition) is 1. The second-order valence-corrected chi connectivity index (χ2v) is 3.68. The quantitative estimate of drug-likeness (QED) is 0.642. The van der Waals surface area contributed by atoms with Gasteiger partial charge in [-0.2, -0.15) is 0 Å². The van der Waals surface area contributed by atoms with Gasteiger partial charge in [-0.15, -0.1) is 10.2 Å². The van der Waals surface area contributed by atoms with Crippen molar-refractivity contribution in [1.29, 1.82) is 0 Å². The van der Waals surface area contributed by atoms with Crippen LogP contribution in [0.1, 0.15) is 5.89 Å². The summed E-state index contributed by atoms with van der Waals surface area (Å²) in [6.45, 7) is 0.436. The van der Waals surface area contributed by atoms with Crippen molar-refractivity contribution < 1.29 is 14.1 Å². The minimum absolute atomic E-state index is 0.145. The zero-order chi connectivity index (χ0) is 13.8. The number of methoxy groups -OCH3 is 1. The Kier molecular flexibility index (Phi) is 3.71. The van der Waals surface area contributed by atoms with E-state index >= 15 is 0 Å². The fraction of sp³-hybridized carbons (Fsp3) is 0.273. The van der Waals surface area contributed by atoms with E-state index in [9.17, 15) is 10.1 Å². The number of nitro benzene ring substituents is 1. The normalized spacial score (nSPS) is 10.4. The molecule has 1 N–H and O–H groups in total. The van der Waals surface area contributed by atoms with Crippen molar-refractivity contribution >= 4 is 5.69 Å². The zero-order valence-electron chi connectivity index (χ0n) is 10.4. The molecule has 0 aliphatic rings.